The number of hydrogen-bond acceptors (Lipinski definition) is 5. The summed E-state index contributed by atoms with van der Waals surface area (Å²) in [5.41, 5.74) is 0. The van der Waals surface area contributed by atoms with E-state index in [1.54, 1.807) is 18.2 Å². The molecule has 0 aliphatic rings. The molecule has 0 aliphatic carbocycles. The number of Topliss-reactive ketones (excluding diaryl/α,β-unsaturated/α-hetero) is 1. The first kappa shape index (κ1) is 27.6. The van der Waals surface area contributed by atoms with Crippen LogP contribution in [0.1, 0.15) is 4.88 Å². The van der Waals surface area contributed by atoms with Crippen molar-refractivity contribution < 1.29 is 13.2 Å². The number of carbonyl (C=O) groups is 1. The highest BCUT2D eigenvalue weighted by Crippen LogP contribution is 2.47. The van der Waals surface area contributed by atoms with Gasteiger partial charge in [0.15, 0.2) is 15.6 Å². The molecule has 0 bridgehead atoms. The lowest BCUT2D eigenvalue weighted by Crippen LogP contribution is -2.41. The topological polar surface area (TPSA) is 75.0 Å². The number of sulfone groups is 1. The zero-order valence-electron chi connectivity index (χ0n) is 21.5. The Balaban J connectivity index is 1.89. The molecule has 4 aromatic carbocycles. The van der Waals surface area contributed by atoms with Gasteiger partial charge in [0, 0.05) is 11.3 Å². The Hall–Kier alpha value is -4.01. The molecule has 0 saturated heterocycles. The van der Waals surface area contributed by atoms with E-state index in [0.29, 0.717) is 0 Å². The second-order valence-corrected chi connectivity index (χ2v) is 15.6. The molecule has 0 saturated carbocycles. The van der Waals surface area contributed by atoms with Gasteiger partial charge in [-0.15, -0.1) is 11.3 Å². The fourth-order valence-electron chi connectivity index (χ4n) is 4.97. The molecule has 0 fully saturated rings. The maximum atomic E-state index is 14.8. The van der Waals surface area contributed by atoms with Crippen molar-refractivity contribution in [2.45, 2.75) is 16.6 Å². The summed E-state index contributed by atoms with van der Waals surface area (Å²) in [6.45, 7) is -3.08. The third kappa shape index (κ3) is 5.12. The minimum atomic E-state index is -4.14. The maximum Gasteiger partial charge on any atom is 0.193 e. The van der Waals surface area contributed by atoms with E-state index in [-0.39, 0.29) is 16.6 Å². The van der Waals surface area contributed by atoms with E-state index >= 15 is 0 Å². The number of thiophene rings is 1. The first-order valence-corrected chi connectivity index (χ1v) is 16.9. The van der Waals surface area contributed by atoms with Crippen molar-refractivity contribution in [1.29, 1.82) is 5.26 Å². The van der Waals surface area contributed by atoms with Crippen molar-refractivity contribution >= 4 is 55.1 Å². The number of carbonyl (C=O) groups excluding carboxylic acids is 1. The molecular weight excluding hydrogens is 553 g/mol. The average Bonchev–Trinajstić information content (AvgIpc) is 3.53. The van der Waals surface area contributed by atoms with Crippen LogP contribution in [0.5, 0.6) is 0 Å². The zero-order chi connectivity index (χ0) is 28.0. The Labute approximate surface area is 239 Å². The minimum Gasteiger partial charge on any atom is -0.292 e. The fourth-order valence-corrected chi connectivity index (χ4v) is 11.7. The van der Waals surface area contributed by atoms with Crippen molar-refractivity contribution in [3.05, 3.63) is 144 Å². The standard InChI is InChI=1S/C33H26NO3PS2/c34-25-31(33(35)32(24-29-20-13-23-39-29)40(36,37)30-21-11-4-12-22-30)38(26-14-5-1-6-15-26,27-16-7-2-8-17-27)28-18-9-3-10-19-28/h1-23,32H,24H2. The van der Waals surface area contributed by atoms with Gasteiger partial charge in [-0.2, -0.15) is 5.26 Å². The number of nitrogens with zero attached hydrogens (tertiary/aromatic N) is 1. The molecule has 5 rings (SSSR count). The van der Waals surface area contributed by atoms with E-state index in [2.05, 4.69) is 6.07 Å². The summed E-state index contributed by atoms with van der Waals surface area (Å²) in [7, 11) is -4.14. The third-order valence-corrected chi connectivity index (χ3v) is 14.0. The number of benzene rings is 4. The number of ketones is 1. The number of rotatable bonds is 9. The predicted octanol–water partition coefficient (Wildman–Crippen LogP) is 5.39. The van der Waals surface area contributed by atoms with Crippen molar-refractivity contribution in [2.24, 2.45) is 0 Å². The van der Waals surface area contributed by atoms with Crippen LogP contribution in [-0.4, -0.2) is 24.7 Å². The van der Waals surface area contributed by atoms with E-state index in [1.165, 1.54) is 23.5 Å². The highest BCUT2D eigenvalue weighted by atomic mass is 32.2. The van der Waals surface area contributed by atoms with Crippen LogP contribution in [0.2, 0.25) is 0 Å². The minimum absolute atomic E-state index is 0.0166. The molecule has 0 aliphatic heterocycles. The molecule has 40 heavy (non-hydrogen) atoms. The number of hydrogen-bond donors (Lipinski definition) is 0. The highest BCUT2D eigenvalue weighted by Gasteiger charge is 2.41. The largest absolute Gasteiger partial charge is 0.292 e. The molecular formula is C33H26NO3PS2. The van der Waals surface area contributed by atoms with Crippen LogP contribution in [-0.2, 0) is 21.1 Å². The summed E-state index contributed by atoms with van der Waals surface area (Å²) in [5, 5.41) is 13.7. The van der Waals surface area contributed by atoms with Crippen LogP contribution < -0.4 is 15.9 Å². The van der Waals surface area contributed by atoms with E-state index in [9.17, 15) is 18.5 Å². The highest BCUT2D eigenvalue weighted by molar-refractivity contribution is 7.97. The average molecular weight is 580 g/mol. The Bertz CT molecular complexity index is 1690. The van der Waals surface area contributed by atoms with E-state index in [4.69, 9.17) is 0 Å². The molecule has 0 spiro atoms. The van der Waals surface area contributed by atoms with Gasteiger partial charge in [-0.25, -0.2) is 8.42 Å². The lowest BCUT2D eigenvalue weighted by molar-refractivity contribution is -0.112. The van der Waals surface area contributed by atoms with Gasteiger partial charge in [0.1, 0.15) is 16.6 Å². The Morgan fingerprint density at radius 3 is 1.55 bits per heavy atom. The maximum absolute atomic E-state index is 14.8. The molecule has 7 heteroatoms. The second kappa shape index (κ2) is 12.0. The van der Waals surface area contributed by atoms with Crippen LogP contribution in [0.4, 0.5) is 0 Å². The summed E-state index contributed by atoms with van der Waals surface area (Å²) in [4.78, 5) is 15.6. The van der Waals surface area contributed by atoms with Gasteiger partial charge in [-0.1, -0.05) is 115 Å². The summed E-state index contributed by atoms with van der Waals surface area (Å²) < 4.78 is 28.3. The molecule has 1 aromatic heterocycles. The molecule has 0 radical (unpaired) electrons. The van der Waals surface area contributed by atoms with Gasteiger partial charge in [-0.05, 0) is 46.4 Å². The smallest absolute Gasteiger partial charge is 0.193 e. The quantitative estimate of drug-likeness (QED) is 0.220. The lowest BCUT2D eigenvalue weighted by atomic mass is 10.1. The molecule has 1 atom stereocenters. The monoisotopic (exact) mass is 579 g/mol. The third-order valence-electron chi connectivity index (χ3n) is 6.81. The van der Waals surface area contributed by atoms with Gasteiger partial charge in [0.05, 0.1) is 4.90 Å². The van der Waals surface area contributed by atoms with Crippen molar-refractivity contribution in [3.8, 4) is 6.07 Å². The first-order valence-electron chi connectivity index (χ1n) is 12.7. The van der Waals surface area contributed by atoms with Gasteiger partial charge in [-0.3, -0.25) is 4.79 Å². The molecule has 1 unspecified atom stereocenters. The second-order valence-electron chi connectivity index (χ2n) is 9.13. The molecule has 0 N–H and O–H groups in total. The fraction of sp³-hybridized carbons (Fsp3) is 0.0606. The Morgan fingerprint density at radius 1 is 0.700 bits per heavy atom. The summed E-state index contributed by atoms with van der Waals surface area (Å²) >= 11 is 1.40. The molecule has 4 nitrogen and oxygen atoms in total. The van der Waals surface area contributed by atoms with Crippen LogP contribution in [0.15, 0.2) is 144 Å². The van der Waals surface area contributed by atoms with Crippen LogP contribution in [0.3, 0.4) is 0 Å². The molecule has 5 aromatic rings. The van der Waals surface area contributed by atoms with Gasteiger partial charge < -0.3 is 0 Å². The van der Waals surface area contributed by atoms with E-state index < -0.39 is 27.8 Å². The van der Waals surface area contributed by atoms with Crippen molar-refractivity contribution in [3.63, 3.8) is 0 Å². The summed E-state index contributed by atoms with van der Waals surface area (Å²) in [6.07, 6.45) is -0.0166. The number of nitriles is 1. The Morgan fingerprint density at radius 2 is 1.15 bits per heavy atom. The molecule has 0 amide bonds. The van der Waals surface area contributed by atoms with Gasteiger partial charge >= 0.3 is 0 Å². The molecule has 1 heterocycles. The summed E-state index contributed by atoms with van der Waals surface area (Å²) in [6, 6.07) is 42.5. The lowest BCUT2D eigenvalue weighted by Gasteiger charge is -2.31. The first-order chi connectivity index (χ1) is 19.5. The van der Waals surface area contributed by atoms with E-state index in [1.807, 2.05) is 109 Å². The van der Waals surface area contributed by atoms with E-state index in [0.717, 1.165) is 20.8 Å². The van der Waals surface area contributed by atoms with Crippen molar-refractivity contribution in [1.82, 2.24) is 0 Å². The zero-order valence-corrected chi connectivity index (χ0v) is 24.0. The van der Waals surface area contributed by atoms with Crippen LogP contribution in [0, 0.1) is 11.3 Å². The molecule has 198 valence electrons. The van der Waals surface area contributed by atoms with Crippen LogP contribution >= 0.6 is 18.2 Å². The SMILES string of the molecule is N#CC(C(=O)C(Cc1cccs1)S(=O)(=O)c1ccccc1)=P(c1ccccc1)(c1ccccc1)c1ccccc1. The van der Waals surface area contributed by atoms with Gasteiger partial charge in [0.2, 0.25) is 0 Å². The van der Waals surface area contributed by atoms with Crippen LogP contribution in [0.25, 0.3) is 0 Å². The van der Waals surface area contributed by atoms with Gasteiger partial charge in [0.25, 0.3) is 0 Å². The van der Waals surface area contributed by atoms with Crippen molar-refractivity contribution in [2.75, 3.05) is 0 Å². The summed E-state index contributed by atoms with van der Waals surface area (Å²) in [5.74, 6) is -0.662. The normalized spacial score (nSPS) is 12.3. The Kier molecular flexibility index (Phi) is 8.28. The predicted molar refractivity (Wildman–Crippen MR) is 166 cm³/mol.